The van der Waals surface area contributed by atoms with Gasteiger partial charge in [0.15, 0.2) is 0 Å². The summed E-state index contributed by atoms with van der Waals surface area (Å²) < 4.78 is 10.5. The summed E-state index contributed by atoms with van der Waals surface area (Å²) in [4.78, 5) is 14.7. The summed E-state index contributed by atoms with van der Waals surface area (Å²) in [6.07, 6.45) is 2.82. The molecule has 2 aliphatic rings. The third-order valence-corrected chi connectivity index (χ3v) is 4.72. The molecule has 0 radical (unpaired) electrons. The lowest BCUT2D eigenvalue weighted by atomic mass is 10.0. The van der Waals surface area contributed by atoms with Crippen molar-refractivity contribution in [3.63, 3.8) is 0 Å². The van der Waals surface area contributed by atoms with Gasteiger partial charge in [0.05, 0.1) is 19.8 Å². The first kappa shape index (κ1) is 16.2. The number of carbonyl (C=O) groups is 1. The van der Waals surface area contributed by atoms with Crippen molar-refractivity contribution in [3.8, 4) is 5.75 Å². The molecule has 2 aliphatic heterocycles. The van der Waals surface area contributed by atoms with Crippen LogP contribution in [-0.2, 0) is 9.53 Å². The summed E-state index contributed by atoms with van der Waals surface area (Å²) >= 11 is 0. The van der Waals surface area contributed by atoms with Gasteiger partial charge in [-0.05, 0) is 37.0 Å². The van der Waals surface area contributed by atoms with Crippen LogP contribution >= 0.6 is 0 Å². The Morgan fingerprint density at radius 1 is 1.35 bits per heavy atom. The number of likely N-dealkylation sites (tertiary alicyclic amines) is 1. The summed E-state index contributed by atoms with van der Waals surface area (Å²) in [6.45, 7) is 1.44. The van der Waals surface area contributed by atoms with Crippen LogP contribution in [0, 0.1) is 0 Å². The van der Waals surface area contributed by atoms with E-state index in [9.17, 15) is 4.79 Å². The highest BCUT2D eigenvalue weighted by Crippen LogP contribution is 2.27. The third kappa shape index (κ3) is 3.49. The maximum absolute atomic E-state index is 12.8. The second-order valence-corrected chi connectivity index (χ2v) is 6.19. The molecule has 126 valence electrons. The van der Waals surface area contributed by atoms with E-state index in [1.165, 1.54) is 0 Å². The average molecular weight is 319 g/mol. The van der Waals surface area contributed by atoms with E-state index in [4.69, 9.17) is 9.47 Å². The fourth-order valence-corrected chi connectivity index (χ4v) is 3.49. The van der Waals surface area contributed by atoms with Crippen molar-refractivity contribution >= 4 is 5.91 Å². The number of rotatable bonds is 5. The zero-order chi connectivity index (χ0) is 16.2. The number of benzene rings is 1. The van der Waals surface area contributed by atoms with E-state index >= 15 is 0 Å². The van der Waals surface area contributed by atoms with Gasteiger partial charge >= 0.3 is 0 Å². The average Bonchev–Trinajstić information content (AvgIpc) is 3.24. The Bertz CT molecular complexity index is 552. The number of ether oxygens (including phenoxy) is 2. The van der Waals surface area contributed by atoms with Crippen molar-refractivity contribution in [1.82, 2.24) is 15.8 Å². The molecule has 0 aromatic heterocycles. The van der Waals surface area contributed by atoms with E-state index < -0.39 is 0 Å². The molecule has 3 atom stereocenters. The molecule has 1 aromatic carbocycles. The molecule has 0 bridgehead atoms. The molecule has 2 heterocycles. The maximum atomic E-state index is 12.8. The first-order chi connectivity index (χ1) is 11.2. The highest BCUT2D eigenvalue weighted by Gasteiger charge is 2.37. The number of nitrogens with one attached hydrogen (secondary N) is 2. The molecule has 0 aliphatic carbocycles. The van der Waals surface area contributed by atoms with Crippen LogP contribution < -0.4 is 15.6 Å². The smallest absolute Gasteiger partial charge is 0.241 e. The lowest BCUT2D eigenvalue weighted by molar-refractivity contribution is -0.134. The molecule has 6 heteroatoms. The largest absolute Gasteiger partial charge is 0.497 e. The normalized spacial score (nSPS) is 27.4. The van der Waals surface area contributed by atoms with Gasteiger partial charge in [-0.1, -0.05) is 12.1 Å². The summed E-state index contributed by atoms with van der Waals surface area (Å²) in [5.74, 6) is 1.00. The SMILES string of the molecule is COC[C@@H]1CCCN1C(=O)C1CC(c2cccc(OC)c2)NN1. The molecule has 0 saturated carbocycles. The first-order valence-electron chi connectivity index (χ1n) is 8.17. The lowest BCUT2D eigenvalue weighted by Crippen LogP contribution is -2.48. The van der Waals surface area contributed by atoms with Gasteiger partial charge in [-0.2, -0.15) is 0 Å². The summed E-state index contributed by atoms with van der Waals surface area (Å²) in [5.41, 5.74) is 7.53. The minimum absolute atomic E-state index is 0.113. The first-order valence-corrected chi connectivity index (χ1v) is 8.17. The van der Waals surface area contributed by atoms with Gasteiger partial charge in [-0.25, -0.2) is 10.9 Å². The van der Waals surface area contributed by atoms with E-state index in [1.54, 1.807) is 14.2 Å². The molecule has 2 unspecified atom stereocenters. The fraction of sp³-hybridized carbons (Fsp3) is 0.588. The van der Waals surface area contributed by atoms with Gasteiger partial charge in [0.2, 0.25) is 5.91 Å². The van der Waals surface area contributed by atoms with Crippen LogP contribution in [0.3, 0.4) is 0 Å². The molecule has 3 rings (SSSR count). The Balaban J connectivity index is 1.63. The summed E-state index contributed by atoms with van der Waals surface area (Å²) in [6, 6.07) is 8.10. The predicted molar refractivity (Wildman–Crippen MR) is 87.0 cm³/mol. The van der Waals surface area contributed by atoms with Gasteiger partial charge in [0, 0.05) is 19.7 Å². The lowest BCUT2D eigenvalue weighted by Gasteiger charge is -2.26. The van der Waals surface area contributed by atoms with Crippen LogP contribution in [0.25, 0.3) is 0 Å². The molecule has 23 heavy (non-hydrogen) atoms. The minimum Gasteiger partial charge on any atom is -0.497 e. The monoisotopic (exact) mass is 319 g/mol. The molecule has 2 saturated heterocycles. The zero-order valence-electron chi connectivity index (χ0n) is 13.7. The van der Waals surface area contributed by atoms with Crippen molar-refractivity contribution in [3.05, 3.63) is 29.8 Å². The maximum Gasteiger partial charge on any atom is 0.241 e. The number of hydrogen-bond acceptors (Lipinski definition) is 5. The van der Waals surface area contributed by atoms with Crippen molar-refractivity contribution in [2.45, 2.75) is 37.4 Å². The number of nitrogens with zero attached hydrogens (tertiary/aromatic N) is 1. The van der Waals surface area contributed by atoms with Crippen molar-refractivity contribution < 1.29 is 14.3 Å². The summed E-state index contributed by atoms with van der Waals surface area (Å²) in [5, 5.41) is 0. The van der Waals surface area contributed by atoms with E-state index in [2.05, 4.69) is 16.9 Å². The Labute approximate surface area is 137 Å². The zero-order valence-corrected chi connectivity index (χ0v) is 13.7. The third-order valence-electron chi connectivity index (χ3n) is 4.72. The standard InChI is InChI=1S/C17H25N3O3/c1-22-11-13-6-4-8-20(13)17(21)16-10-15(18-19-16)12-5-3-7-14(9-12)23-2/h3,5,7,9,13,15-16,18-19H,4,6,8,10-11H2,1-2H3/t13-,15?,16?/m0/s1. The highest BCUT2D eigenvalue weighted by atomic mass is 16.5. The van der Waals surface area contributed by atoms with Gasteiger partial charge in [0.25, 0.3) is 0 Å². The van der Waals surface area contributed by atoms with Crippen LogP contribution in [0.4, 0.5) is 0 Å². The highest BCUT2D eigenvalue weighted by molar-refractivity contribution is 5.82. The van der Waals surface area contributed by atoms with Gasteiger partial charge in [-0.3, -0.25) is 4.79 Å². The molecule has 0 spiro atoms. The number of amides is 1. The molecular weight excluding hydrogens is 294 g/mol. The van der Waals surface area contributed by atoms with Crippen molar-refractivity contribution in [1.29, 1.82) is 0 Å². The van der Waals surface area contributed by atoms with Crippen LogP contribution in [0.2, 0.25) is 0 Å². The molecule has 1 amide bonds. The Morgan fingerprint density at radius 3 is 3.00 bits per heavy atom. The van der Waals surface area contributed by atoms with E-state index in [-0.39, 0.29) is 24.0 Å². The van der Waals surface area contributed by atoms with Crippen LogP contribution in [-0.4, -0.2) is 50.3 Å². The topological polar surface area (TPSA) is 62.8 Å². The Morgan fingerprint density at radius 2 is 2.22 bits per heavy atom. The van der Waals surface area contributed by atoms with Gasteiger partial charge in [0.1, 0.15) is 11.8 Å². The van der Waals surface area contributed by atoms with Crippen LogP contribution in [0.1, 0.15) is 30.9 Å². The molecule has 2 N–H and O–H groups in total. The Kier molecular flexibility index (Phi) is 5.15. The van der Waals surface area contributed by atoms with E-state index in [0.29, 0.717) is 6.61 Å². The van der Waals surface area contributed by atoms with Gasteiger partial charge < -0.3 is 14.4 Å². The van der Waals surface area contributed by atoms with Crippen molar-refractivity contribution in [2.24, 2.45) is 0 Å². The number of hydrogen-bond donors (Lipinski definition) is 2. The number of methoxy groups -OCH3 is 2. The molecular formula is C17H25N3O3. The van der Waals surface area contributed by atoms with Crippen LogP contribution in [0.15, 0.2) is 24.3 Å². The molecule has 6 nitrogen and oxygen atoms in total. The quantitative estimate of drug-likeness (QED) is 0.855. The summed E-state index contributed by atoms with van der Waals surface area (Å²) in [7, 11) is 3.35. The fourth-order valence-electron chi connectivity index (χ4n) is 3.49. The van der Waals surface area contributed by atoms with Crippen LogP contribution in [0.5, 0.6) is 5.75 Å². The molecule has 1 aromatic rings. The van der Waals surface area contributed by atoms with Crippen molar-refractivity contribution in [2.75, 3.05) is 27.4 Å². The second-order valence-electron chi connectivity index (χ2n) is 6.19. The molecule has 2 fully saturated rings. The van der Waals surface area contributed by atoms with E-state index in [0.717, 1.165) is 37.1 Å². The number of carbonyl (C=O) groups excluding carboxylic acids is 1. The predicted octanol–water partition coefficient (Wildman–Crippen LogP) is 1.24. The number of hydrazine groups is 1. The minimum atomic E-state index is -0.191. The van der Waals surface area contributed by atoms with Gasteiger partial charge in [-0.15, -0.1) is 0 Å². The Hall–Kier alpha value is -1.63. The van der Waals surface area contributed by atoms with E-state index in [1.807, 2.05) is 23.1 Å². The second kappa shape index (κ2) is 7.29.